The number of carbonyl (C=O) groups is 1. The van der Waals surface area contributed by atoms with Crippen LogP contribution in [0.25, 0.3) is 10.9 Å². The predicted molar refractivity (Wildman–Crippen MR) is 77.6 cm³/mol. The van der Waals surface area contributed by atoms with E-state index < -0.39 is 17.5 Å². The van der Waals surface area contributed by atoms with Crippen molar-refractivity contribution in [1.29, 1.82) is 0 Å². The number of benzene rings is 2. The fourth-order valence-corrected chi connectivity index (χ4v) is 2.19. The molecule has 0 aliphatic carbocycles. The molecule has 3 nitrogen and oxygen atoms in total. The summed E-state index contributed by atoms with van der Waals surface area (Å²) in [5.74, 6) is -2.05. The van der Waals surface area contributed by atoms with Crippen molar-refractivity contribution < 1.29 is 13.6 Å². The first kappa shape index (κ1) is 13.6. The van der Waals surface area contributed by atoms with E-state index in [9.17, 15) is 13.6 Å². The van der Waals surface area contributed by atoms with Crippen LogP contribution in [0.4, 0.5) is 14.5 Å². The van der Waals surface area contributed by atoms with Crippen LogP contribution in [-0.4, -0.2) is 10.9 Å². The highest BCUT2D eigenvalue weighted by Gasteiger charge is 2.12. The van der Waals surface area contributed by atoms with Crippen molar-refractivity contribution in [3.05, 3.63) is 64.8 Å². The molecule has 0 spiro atoms. The molecular formula is C15H9ClF2N2O. The molecule has 2 aromatic carbocycles. The topological polar surface area (TPSA) is 44.9 Å². The van der Waals surface area contributed by atoms with E-state index in [0.29, 0.717) is 11.1 Å². The maximum absolute atomic E-state index is 13.5. The predicted octanol–water partition coefficient (Wildman–Crippen LogP) is 4.35. The molecule has 6 heteroatoms. The zero-order valence-electron chi connectivity index (χ0n) is 10.6. The van der Waals surface area contributed by atoms with Crippen LogP contribution in [-0.2, 0) is 0 Å². The molecule has 1 amide bonds. The molecule has 0 saturated carbocycles. The minimum absolute atomic E-state index is 0.0851. The quantitative estimate of drug-likeness (QED) is 0.726. The van der Waals surface area contributed by atoms with E-state index in [-0.39, 0.29) is 11.4 Å². The second-order valence-corrected chi connectivity index (χ2v) is 4.93. The van der Waals surface area contributed by atoms with Gasteiger partial charge in [-0.2, -0.15) is 0 Å². The number of hydrogen-bond acceptors (Lipinski definition) is 1. The second-order valence-electron chi connectivity index (χ2n) is 4.49. The van der Waals surface area contributed by atoms with Crippen molar-refractivity contribution in [1.82, 2.24) is 4.98 Å². The highest BCUT2D eigenvalue weighted by Crippen LogP contribution is 2.21. The first-order valence-corrected chi connectivity index (χ1v) is 6.45. The number of nitrogens with one attached hydrogen (secondary N) is 2. The van der Waals surface area contributed by atoms with Crippen LogP contribution in [0.15, 0.2) is 42.5 Å². The Balaban J connectivity index is 1.89. The van der Waals surface area contributed by atoms with Gasteiger partial charge >= 0.3 is 0 Å². The monoisotopic (exact) mass is 306 g/mol. The number of hydrogen-bond donors (Lipinski definition) is 2. The third-order valence-corrected chi connectivity index (χ3v) is 3.24. The Morgan fingerprint density at radius 3 is 2.67 bits per heavy atom. The molecule has 3 rings (SSSR count). The van der Waals surface area contributed by atoms with Crippen LogP contribution < -0.4 is 5.32 Å². The first-order valence-electron chi connectivity index (χ1n) is 6.07. The van der Waals surface area contributed by atoms with E-state index in [2.05, 4.69) is 10.3 Å². The van der Waals surface area contributed by atoms with Gasteiger partial charge in [0, 0.05) is 22.0 Å². The van der Waals surface area contributed by atoms with Gasteiger partial charge in [-0.15, -0.1) is 0 Å². The molecule has 0 atom stereocenters. The molecule has 106 valence electrons. The van der Waals surface area contributed by atoms with Crippen molar-refractivity contribution in [3.63, 3.8) is 0 Å². The maximum Gasteiger partial charge on any atom is 0.272 e. The summed E-state index contributed by atoms with van der Waals surface area (Å²) < 4.78 is 26.3. The average Bonchev–Trinajstić information content (AvgIpc) is 2.85. The Hall–Kier alpha value is -2.40. The smallest absolute Gasteiger partial charge is 0.272 e. The van der Waals surface area contributed by atoms with E-state index in [4.69, 9.17) is 11.6 Å². The summed E-state index contributed by atoms with van der Waals surface area (Å²) in [6, 6.07) is 9.71. The second kappa shape index (κ2) is 5.18. The maximum atomic E-state index is 13.5. The van der Waals surface area contributed by atoms with Crippen LogP contribution in [0.1, 0.15) is 10.5 Å². The molecule has 2 N–H and O–H groups in total. The Kier molecular flexibility index (Phi) is 3.35. The number of rotatable bonds is 2. The Bertz CT molecular complexity index is 845. The van der Waals surface area contributed by atoms with Crippen LogP contribution >= 0.6 is 11.6 Å². The van der Waals surface area contributed by atoms with Crippen molar-refractivity contribution in [2.24, 2.45) is 0 Å². The molecule has 21 heavy (non-hydrogen) atoms. The first-order chi connectivity index (χ1) is 10.0. The zero-order chi connectivity index (χ0) is 15.0. The van der Waals surface area contributed by atoms with E-state index in [0.717, 1.165) is 17.0 Å². The number of halogens is 3. The summed E-state index contributed by atoms with van der Waals surface area (Å²) in [6.45, 7) is 0. The van der Waals surface area contributed by atoms with Crippen LogP contribution in [0.3, 0.4) is 0 Å². The number of amides is 1. The van der Waals surface area contributed by atoms with Gasteiger partial charge in [0.2, 0.25) is 0 Å². The highest BCUT2D eigenvalue weighted by molar-refractivity contribution is 6.31. The minimum atomic E-state index is -0.831. The summed E-state index contributed by atoms with van der Waals surface area (Å²) in [6.07, 6.45) is 0. The number of aromatic nitrogens is 1. The fraction of sp³-hybridized carbons (Fsp3) is 0. The number of aromatic amines is 1. The molecule has 3 aromatic rings. The van der Waals surface area contributed by atoms with Crippen molar-refractivity contribution in [2.45, 2.75) is 0 Å². The molecule has 1 heterocycles. The number of fused-ring (bicyclic) bond motifs is 1. The lowest BCUT2D eigenvalue weighted by Crippen LogP contribution is -2.13. The third kappa shape index (κ3) is 2.73. The summed E-state index contributed by atoms with van der Waals surface area (Å²) in [4.78, 5) is 15.0. The molecule has 0 unspecified atom stereocenters. The normalized spacial score (nSPS) is 10.8. The summed E-state index contributed by atoms with van der Waals surface area (Å²) in [5, 5.41) is 3.71. The van der Waals surface area contributed by atoms with Gasteiger partial charge < -0.3 is 10.3 Å². The zero-order valence-corrected chi connectivity index (χ0v) is 11.3. The SMILES string of the molecule is O=C(Nc1ccc(F)cc1F)c1cc2cc(Cl)ccc2[nH]1. The fourth-order valence-electron chi connectivity index (χ4n) is 2.01. The van der Waals surface area contributed by atoms with E-state index in [1.807, 2.05) is 0 Å². The Morgan fingerprint density at radius 1 is 1.10 bits per heavy atom. The van der Waals surface area contributed by atoms with E-state index in [1.165, 1.54) is 6.07 Å². The third-order valence-electron chi connectivity index (χ3n) is 3.01. The molecule has 0 bridgehead atoms. The summed E-state index contributed by atoms with van der Waals surface area (Å²) in [7, 11) is 0. The van der Waals surface area contributed by atoms with Crippen LogP contribution in [0.5, 0.6) is 0 Å². The molecular weight excluding hydrogens is 298 g/mol. The van der Waals surface area contributed by atoms with Gasteiger partial charge in [0.15, 0.2) is 0 Å². The molecule has 0 fully saturated rings. The highest BCUT2D eigenvalue weighted by atomic mass is 35.5. The Labute approximate surface area is 123 Å². The van der Waals surface area contributed by atoms with Gasteiger partial charge in [-0.25, -0.2) is 8.78 Å². The van der Waals surface area contributed by atoms with Gasteiger partial charge in [-0.3, -0.25) is 4.79 Å². The molecule has 0 aliphatic rings. The minimum Gasteiger partial charge on any atom is -0.351 e. The van der Waals surface area contributed by atoms with E-state index >= 15 is 0 Å². The average molecular weight is 307 g/mol. The van der Waals surface area contributed by atoms with Gasteiger partial charge in [0.1, 0.15) is 17.3 Å². The van der Waals surface area contributed by atoms with Gasteiger partial charge in [0.25, 0.3) is 5.91 Å². The largest absolute Gasteiger partial charge is 0.351 e. The van der Waals surface area contributed by atoms with Crippen molar-refractivity contribution >= 4 is 34.1 Å². The molecule has 0 radical (unpaired) electrons. The standard InChI is InChI=1S/C15H9ClF2N2O/c16-9-1-3-12-8(5-9)6-14(19-12)15(21)20-13-4-2-10(17)7-11(13)18/h1-7,19H,(H,20,21). The Morgan fingerprint density at radius 2 is 1.90 bits per heavy atom. The lowest BCUT2D eigenvalue weighted by molar-refractivity contribution is 0.102. The lowest BCUT2D eigenvalue weighted by atomic mass is 10.2. The van der Waals surface area contributed by atoms with Crippen LogP contribution in [0, 0.1) is 11.6 Å². The number of carbonyl (C=O) groups excluding carboxylic acids is 1. The van der Waals surface area contributed by atoms with Crippen LogP contribution in [0.2, 0.25) is 5.02 Å². The van der Waals surface area contributed by atoms with Crippen molar-refractivity contribution in [2.75, 3.05) is 5.32 Å². The van der Waals surface area contributed by atoms with Gasteiger partial charge in [-0.1, -0.05) is 11.6 Å². The molecule has 0 saturated heterocycles. The van der Waals surface area contributed by atoms with E-state index in [1.54, 1.807) is 24.3 Å². The lowest BCUT2D eigenvalue weighted by Gasteiger charge is -2.04. The molecule has 1 aromatic heterocycles. The van der Waals surface area contributed by atoms with Crippen molar-refractivity contribution in [3.8, 4) is 0 Å². The van der Waals surface area contributed by atoms with Gasteiger partial charge in [-0.05, 0) is 36.4 Å². The summed E-state index contributed by atoms with van der Waals surface area (Å²) >= 11 is 5.87. The number of H-pyrrole nitrogens is 1. The summed E-state index contributed by atoms with van der Waals surface area (Å²) in [5.41, 5.74) is 0.915. The molecule has 0 aliphatic heterocycles. The van der Waals surface area contributed by atoms with Gasteiger partial charge in [0.05, 0.1) is 5.69 Å². The number of anilines is 1.